The smallest absolute Gasteiger partial charge is 0.298 e. The predicted molar refractivity (Wildman–Crippen MR) is 40.9 cm³/mol. The van der Waals surface area contributed by atoms with Crippen LogP contribution < -0.4 is 5.32 Å². The lowest BCUT2D eigenvalue weighted by molar-refractivity contribution is -0.0999. The van der Waals surface area contributed by atoms with Gasteiger partial charge in [-0.05, 0) is 19.1 Å². The van der Waals surface area contributed by atoms with E-state index in [1.165, 1.54) is 17.4 Å². The molecule has 0 saturated carbocycles. The van der Waals surface area contributed by atoms with Crippen LogP contribution in [0.5, 0.6) is 0 Å². The Morgan fingerprint density at radius 3 is 2.00 bits per heavy atom. The molecule has 0 atom stereocenters. The van der Waals surface area contributed by atoms with Gasteiger partial charge in [-0.3, -0.25) is 5.32 Å². The van der Waals surface area contributed by atoms with Gasteiger partial charge in [0.2, 0.25) is 0 Å². The van der Waals surface area contributed by atoms with E-state index in [9.17, 15) is 13.2 Å². The highest BCUT2D eigenvalue weighted by Gasteiger charge is 2.26. The molecule has 0 amide bonds. The van der Waals surface area contributed by atoms with E-state index in [1.807, 2.05) is 6.92 Å². The molecule has 0 aromatic heterocycles. The lowest BCUT2D eigenvalue weighted by Crippen LogP contribution is -2.20. The minimum atomic E-state index is -4.35. The van der Waals surface area contributed by atoms with Gasteiger partial charge in [0.1, 0.15) is 0 Å². The highest BCUT2D eigenvalue weighted by atomic mass is 19.4. The Labute approximate surface area is 68.2 Å². The summed E-state index contributed by atoms with van der Waals surface area (Å²) in [6, 6.07) is 6.02. The van der Waals surface area contributed by atoms with E-state index in [0.29, 0.717) is 0 Å². The molecule has 1 nitrogen and oxygen atoms in total. The molecule has 0 unspecified atom stereocenters. The molecule has 12 heavy (non-hydrogen) atoms. The zero-order valence-corrected chi connectivity index (χ0v) is 6.44. The van der Waals surface area contributed by atoms with E-state index < -0.39 is 6.30 Å². The summed E-state index contributed by atoms with van der Waals surface area (Å²) in [5.41, 5.74) is 0.996. The van der Waals surface area contributed by atoms with E-state index in [4.69, 9.17) is 0 Å². The second kappa shape index (κ2) is 3.05. The highest BCUT2D eigenvalue weighted by molar-refractivity contribution is 5.44. The summed E-state index contributed by atoms with van der Waals surface area (Å²) >= 11 is 0. The van der Waals surface area contributed by atoms with E-state index in [1.54, 1.807) is 12.1 Å². The van der Waals surface area contributed by atoms with E-state index in [-0.39, 0.29) is 5.69 Å². The summed E-state index contributed by atoms with van der Waals surface area (Å²) in [7, 11) is 0. The third-order valence-electron chi connectivity index (χ3n) is 1.34. The summed E-state index contributed by atoms with van der Waals surface area (Å²) in [4.78, 5) is 0. The van der Waals surface area contributed by atoms with Crippen LogP contribution in [0.15, 0.2) is 24.3 Å². The molecule has 1 rings (SSSR count). The zero-order chi connectivity index (χ0) is 9.19. The second-order valence-corrected chi connectivity index (χ2v) is 2.49. The molecular formula is C8H8F3N. The summed E-state index contributed by atoms with van der Waals surface area (Å²) in [6.07, 6.45) is -4.35. The Kier molecular flexibility index (Phi) is 2.26. The molecule has 1 aromatic rings. The molecule has 0 spiro atoms. The fourth-order valence-corrected chi connectivity index (χ4v) is 0.801. The van der Waals surface area contributed by atoms with Crippen LogP contribution >= 0.6 is 0 Å². The molecular weight excluding hydrogens is 167 g/mol. The second-order valence-electron chi connectivity index (χ2n) is 2.49. The van der Waals surface area contributed by atoms with Crippen molar-refractivity contribution in [3.8, 4) is 0 Å². The minimum Gasteiger partial charge on any atom is -0.298 e. The first-order valence-corrected chi connectivity index (χ1v) is 3.39. The van der Waals surface area contributed by atoms with Gasteiger partial charge < -0.3 is 0 Å². The number of aryl methyl sites for hydroxylation is 1. The molecule has 66 valence electrons. The van der Waals surface area contributed by atoms with Crippen LogP contribution in [-0.4, -0.2) is 6.30 Å². The Hall–Kier alpha value is -1.19. The quantitative estimate of drug-likeness (QED) is 0.647. The number of halogens is 3. The SMILES string of the molecule is Cc1ccc(NC(F)(F)F)cc1. The maximum Gasteiger partial charge on any atom is 0.482 e. The van der Waals surface area contributed by atoms with Crippen LogP contribution in [0.25, 0.3) is 0 Å². The average Bonchev–Trinajstić information content (AvgIpc) is 1.91. The average molecular weight is 175 g/mol. The Bertz CT molecular complexity index is 250. The lowest BCUT2D eigenvalue weighted by atomic mass is 10.2. The molecule has 1 aromatic carbocycles. The molecule has 0 saturated heterocycles. The highest BCUT2D eigenvalue weighted by Crippen LogP contribution is 2.19. The third-order valence-corrected chi connectivity index (χ3v) is 1.34. The van der Waals surface area contributed by atoms with Crippen molar-refractivity contribution in [3.63, 3.8) is 0 Å². The molecule has 0 aliphatic carbocycles. The van der Waals surface area contributed by atoms with Crippen LogP contribution in [0.4, 0.5) is 18.9 Å². The van der Waals surface area contributed by atoms with Gasteiger partial charge in [-0.1, -0.05) is 17.7 Å². The van der Waals surface area contributed by atoms with E-state index >= 15 is 0 Å². The summed E-state index contributed by atoms with van der Waals surface area (Å²) < 4.78 is 35.2. The normalized spacial score (nSPS) is 11.3. The van der Waals surface area contributed by atoms with E-state index in [0.717, 1.165) is 5.56 Å². The largest absolute Gasteiger partial charge is 0.482 e. The summed E-state index contributed by atoms with van der Waals surface area (Å²) in [6.45, 7) is 1.82. The molecule has 4 heteroatoms. The standard InChI is InChI=1S/C8H8F3N/c1-6-2-4-7(5-3-6)12-8(9,10)11/h2-5,12H,1H3. The van der Waals surface area contributed by atoms with Gasteiger partial charge in [0.05, 0.1) is 0 Å². The van der Waals surface area contributed by atoms with Gasteiger partial charge in [-0.2, -0.15) is 13.2 Å². The zero-order valence-electron chi connectivity index (χ0n) is 6.44. The van der Waals surface area contributed by atoms with Gasteiger partial charge >= 0.3 is 6.30 Å². The van der Waals surface area contributed by atoms with Crippen molar-refractivity contribution in [2.75, 3.05) is 5.32 Å². The van der Waals surface area contributed by atoms with Crippen molar-refractivity contribution in [1.29, 1.82) is 0 Å². The van der Waals surface area contributed by atoms with Crippen LogP contribution in [0, 0.1) is 6.92 Å². The van der Waals surface area contributed by atoms with Gasteiger partial charge in [0, 0.05) is 5.69 Å². The number of benzene rings is 1. The van der Waals surface area contributed by atoms with Crippen molar-refractivity contribution < 1.29 is 13.2 Å². The molecule has 0 aliphatic rings. The molecule has 0 radical (unpaired) electrons. The van der Waals surface area contributed by atoms with Crippen LogP contribution in [0.1, 0.15) is 5.56 Å². The van der Waals surface area contributed by atoms with Crippen LogP contribution in [0.2, 0.25) is 0 Å². The molecule has 0 heterocycles. The first-order chi connectivity index (χ1) is 5.47. The monoisotopic (exact) mass is 175 g/mol. The molecule has 0 fully saturated rings. The molecule has 1 N–H and O–H groups in total. The Morgan fingerprint density at radius 2 is 1.58 bits per heavy atom. The van der Waals surface area contributed by atoms with Crippen LogP contribution in [-0.2, 0) is 0 Å². The fourth-order valence-electron chi connectivity index (χ4n) is 0.801. The number of hydrogen-bond acceptors (Lipinski definition) is 1. The maximum absolute atomic E-state index is 11.7. The lowest BCUT2D eigenvalue weighted by Gasteiger charge is -2.09. The Balaban J connectivity index is 2.71. The van der Waals surface area contributed by atoms with E-state index in [2.05, 4.69) is 0 Å². The van der Waals surface area contributed by atoms with Crippen molar-refractivity contribution in [2.24, 2.45) is 0 Å². The number of nitrogens with one attached hydrogen (secondary N) is 1. The third kappa shape index (κ3) is 2.82. The predicted octanol–water partition coefficient (Wildman–Crippen LogP) is 2.93. The first-order valence-electron chi connectivity index (χ1n) is 3.39. The molecule has 0 aliphatic heterocycles. The summed E-state index contributed by atoms with van der Waals surface area (Å²) in [5.74, 6) is 0. The summed E-state index contributed by atoms with van der Waals surface area (Å²) in [5, 5.41) is 1.41. The number of rotatable bonds is 1. The van der Waals surface area contributed by atoms with Gasteiger partial charge in [-0.15, -0.1) is 0 Å². The van der Waals surface area contributed by atoms with Crippen molar-refractivity contribution in [1.82, 2.24) is 0 Å². The number of anilines is 1. The van der Waals surface area contributed by atoms with Crippen molar-refractivity contribution in [3.05, 3.63) is 29.8 Å². The first kappa shape index (κ1) is 8.90. The topological polar surface area (TPSA) is 12.0 Å². The van der Waals surface area contributed by atoms with Crippen molar-refractivity contribution in [2.45, 2.75) is 13.2 Å². The van der Waals surface area contributed by atoms with Gasteiger partial charge in [0.25, 0.3) is 0 Å². The fraction of sp³-hybridized carbons (Fsp3) is 0.250. The minimum absolute atomic E-state index is 0.0631. The number of hydrogen-bond donors (Lipinski definition) is 1. The van der Waals surface area contributed by atoms with Gasteiger partial charge in [0.15, 0.2) is 0 Å². The maximum atomic E-state index is 11.7. The Morgan fingerprint density at radius 1 is 1.08 bits per heavy atom. The van der Waals surface area contributed by atoms with Crippen LogP contribution in [0.3, 0.4) is 0 Å². The van der Waals surface area contributed by atoms with Crippen molar-refractivity contribution >= 4 is 5.69 Å². The number of alkyl halides is 3. The van der Waals surface area contributed by atoms with Gasteiger partial charge in [-0.25, -0.2) is 0 Å². The molecule has 0 bridgehead atoms.